The van der Waals surface area contributed by atoms with Gasteiger partial charge in [0.05, 0.1) is 12.2 Å². The summed E-state index contributed by atoms with van der Waals surface area (Å²) in [5.74, 6) is 0.114. The highest BCUT2D eigenvalue weighted by Crippen LogP contribution is 2.28. The van der Waals surface area contributed by atoms with Crippen LogP contribution in [0.3, 0.4) is 0 Å². The summed E-state index contributed by atoms with van der Waals surface area (Å²) in [4.78, 5) is 31.0. The van der Waals surface area contributed by atoms with Crippen molar-refractivity contribution >= 4 is 22.4 Å². The number of allylic oxidation sites excluding steroid dienone is 1. The van der Waals surface area contributed by atoms with Gasteiger partial charge in [-0.2, -0.15) is 0 Å². The quantitative estimate of drug-likeness (QED) is 0.491. The minimum Gasteiger partial charge on any atom is -0.345 e. The van der Waals surface area contributed by atoms with Gasteiger partial charge >= 0.3 is 0 Å². The Morgan fingerprint density at radius 3 is 2.59 bits per heavy atom. The first-order valence-corrected chi connectivity index (χ1v) is 13.5. The third-order valence-electron chi connectivity index (χ3n) is 6.94. The number of amides is 1. The number of piperazine rings is 1. The van der Waals surface area contributed by atoms with E-state index in [0.29, 0.717) is 5.56 Å². The van der Waals surface area contributed by atoms with E-state index in [2.05, 4.69) is 80.6 Å². The first kappa shape index (κ1) is 25.3. The smallest absolute Gasteiger partial charge is 0.251 e. The van der Waals surface area contributed by atoms with Crippen LogP contribution in [0.5, 0.6) is 0 Å². The number of anilines is 1. The van der Waals surface area contributed by atoms with E-state index in [1.807, 2.05) is 17.5 Å². The van der Waals surface area contributed by atoms with E-state index in [9.17, 15) is 4.79 Å². The normalized spacial score (nSPS) is 20.7. The number of thiazole rings is 1. The number of hydrogen-bond donors (Lipinski definition) is 2. The molecule has 1 aliphatic heterocycles. The summed E-state index contributed by atoms with van der Waals surface area (Å²) in [7, 11) is 2.17. The minimum absolute atomic E-state index is 0.0641. The monoisotopic (exact) mass is 515 g/mol. The number of nitrogens with one attached hydrogen (secondary N) is 2. The van der Waals surface area contributed by atoms with E-state index in [1.54, 1.807) is 18.6 Å². The van der Waals surface area contributed by atoms with Crippen LogP contribution in [0.25, 0.3) is 11.4 Å². The standard InChI is InChI=1S/C28H33N7OS/c1-19-14-20(2)24(32-28-33-26(18-37-28)25-16-29-8-9-30-25)15-23(19)31-27(36)22-6-4-21(5-7-22)17-35-12-10-34(3)11-13-35/h4-9,14-16,18-19,23H,10-13,17H2,1-3H3,(H,31,36)(H,32,33). The molecule has 5 rings (SSSR count). The second-order valence-corrected chi connectivity index (χ2v) is 10.7. The third kappa shape index (κ3) is 6.30. The zero-order chi connectivity index (χ0) is 25.8. The predicted molar refractivity (Wildman–Crippen MR) is 148 cm³/mol. The van der Waals surface area contributed by atoms with Gasteiger partial charge in [0.1, 0.15) is 11.4 Å². The summed E-state index contributed by atoms with van der Waals surface area (Å²) < 4.78 is 0. The molecule has 1 amide bonds. The van der Waals surface area contributed by atoms with Crippen molar-refractivity contribution in [3.63, 3.8) is 0 Å². The molecule has 1 aliphatic carbocycles. The Labute approximate surface area is 222 Å². The highest BCUT2D eigenvalue weighted by molar-refractivity contribution is 7.14. The van der Waals surface area contributed by atoms with Gasteiger partial charge in [-0.3, -0.25) is 19.7 Å². The van der Waals surface area contributed by atoms with Crippen molar-refractivity contribution in [2.24, 2.45) is 5.92 Å². The van der Waals surface area contributed by atoms with Crippen LogP contribution >= 0.6 is 11.3 Å². The molecular weight excluding hydrogens is 482 g/mol. The molecule has 1 saturated heterocycles. The van der Waals surface area contributed by atoms with E-state index in [-0.39, 0.29) is 17.9 Å². The van der Waals surface area contributed by atoms with E-state index < -0.39 is 0 Å². The topological polar surface area (TPSA) is 86.3 Å². The first-order chi connectivity index (χ1) is 17.9. The summed E-state index contributed by atoms with van der Waals surface area (Å²) in [5.41, 5.74) is 5.52. The van der Waals surface area contributed by atoms with Crippen molar-refractivity contribution in [1.29, 1.82) is 0 Å². The summed E-state index contributed by atoms with van der Waals surface area (Å²) >= 11 is 1.52. The minimum atomic E-state index is -0.122. The molecule has 0 radical (unpaired) electrons. The number of aromatic nitrogens is 3. The molecule has 37 heavy (non-hydrogen) atoms. The van der Waals surface area contributed by atoms with Gasteiger partial charge in [0.2, 0.25) is 0 Å². The van der Waals surface area contributed by atoms with Crippen molar-refractivity contribution < 1.29 is 4.79 Å². The lowest BCUT2D eigenvalue weighted by Gasteiger charge is -2.32. The molecule has 1 aromatic carbocycles. The summed E-state index contributed by atoms with van der Waals surface area (Å²) in [6.07, 6.45) is 9.28. The lowest BCUT2D eigenvalue weighted by atomic mass is 9.91. The fraction of sp³-hybridized carbons (Fsp3) is 0.357. The molecule has 0 bridgehead atoms. The third-order valence-corrected chi connectivity index (χ3v) is 7.70. The SMILES string of the molecule is CC1=CC(C)C(NC(=O)c2ccc(CN3CCN(C)CC3)cc2)C=C1Nc1nc(-c2cnccn2)cs1. The van der Waals surface area contributed by atoms with Crippen molar-refractivity contribution in [2.45, 2.75) is 26.4 Å². The van der Waals surface area contributed by atoms with Crippen molar-refractivity contribution in [3.8, 4) is 11.4 Å². The second-order valence-electron chi connectivity index (χ2n) is 9.82. The molecule has 2 aromatic heterocycles. The Bertz CT molecular complexity index is 1280. The van der Waals surface area contributed by atoms with E-state index in [4.69, 9.17) is 0 Å². The maximum atomic E-state index is 13.1. The van der Waals surface area contributed by atoms with Gasteiger partial charge in [0.25, 0.3) is 5.91 Å². The Hall–Kier alpha value is -3.40. The van der Waals surface area contributed by atoms with Crippen LogP contribution in [-0.4, -0.2) is 69.9 Å². The number of nitrogens with zero attached hydrogens (tertiary/aromatic N) is 5. The summed E-state index contributed by atoms with van der Waals surface area (Å²) in [6.45, 7) is 9.48. The molecule has 9 heteroatoms. The van der Waals surface area contributed by atoms with Crippen molar-refractivity contribution in [2.75, 3.05) is 38.5 Å². The molecule has 0 spiro atoms. The second kappa shape index (κ2) is 11.3. The number of hydrogen-bond acceptors (Lipinski definition) is 8. The number of carbonyl (C=O) groups is 1. The molecule has 0 saturated carbocycles. The number of likely N-dealkylation sites (N-methyl/N-ethyl adjacent to an activating group) is 1. The van der Waals surface area contributed by atoms with Gasteiger partial charge < -0.3 is 15.5 Å². The molecule has 2 aliphatic rings. The van der Waals surface area contributed by atoms with Crippen LogP contribution in [0.4, 0.5) is 5.13 Å². The van der Waals surface area contributed by atoms with Gasteiger partial charge in [0, 0.05) is 61.8 Å². The zero-order valence-electron chi connectivity index (χ0n) is 21.5. The average Bonchev–Trinajstić information content (AvgIpc) is 3.38. The molecular formula is C28H33N7OS. The van der Waals surface area contributed by atoms with Crippen molar-refractivity contribution in [1.82, 2.24) is 30.1 Å². The highest BCUT2D eigenvalue weighted by atomic mass is 32.1. The first-order valence-electron chi connectivity index (χ1n) is 12.6. The molecule has 192 valence electrons. The number of carbonyl (C=O) groups excluding carboxylic acids is 1. The zero-order valence-corrected chi connectivity index (χ0v) is 22.3. The van der Waals surface area contributed by atoms with Gasteiger partial charge in [-0.15, -0.1) is 11.3 Å². The molecule has 8 nitrogen and oxygen atoms in total. The van der Waals surface area contributed by atoms with Gasteiger partial charge in [-0.05, 0) is 49.2 Å². The van der Waals surface area contributed by atoms with Crippen LogP contribution in [0.15, 0.2) is 71.7 Å². The predicted octanol–water partition coefficient (Wildman–Crippen LogP) is 4.04. The fourth-order valence-electron chi connectivity index (χ4n) is 4.62. The van der Waals surface area contributed by atoms with E-state index in [0.717, 1.165) is 60.5 Å². The van der Waals surface area contributed by atoms with Crippen LogP contribution < -0.4 is 10.6 Å². The molecule has 1 fully saturated rings. The van der Waals surface area contributed by atoms with Crippen LogP contribution in [-0.2, 0) is 6.54 Å². The number of benzene rings is 1. The van der Waals surface area contributed by atoms with E-state index in [1.165, 1.54) is 16.9 Å². The number of rotatable bonds is 7. The molecule has 2 unspecified atom stereocenters. The Kier molecular flexibility index (Phi) is 7.73. The fourth-order valence-corrected chi connectivity index (χ4v) is 5.34. The molecule has 3 aromatic rings. The molecule has 2 atom stereocenters. The van der Waals surface area contributed by atoms with Crippen LogP contribution in [0, 0.1) is 5.92 Å². The average molecular weight is 516 g/mol. The van der Waals surface area contributed by atoms with Crippen LogP contribution in [0.2, 0.25) is 0 Å². The van der Waals surface area contributed by atoms with Gasteiger partial charge in [-0.25, -0.2) is 4.98 Å². The lowest BCUT2D eigenvalue weighted by molar-refractivity contribution is 0.0938. The Morgan fingerprint density at radius 1 is 1.08 bits per heavy atom. The van der Waals surface area contributed by atoms with Crippen molar-refractivity contribution in [3.05, 3.63) is 82.8 Å². The van der Waals surface area contributed by atoms with E-state index >= 15 is 0 Å². The summed E-state index contributed by atoms with van der Waals surface area (Å²) in [5, 5.41) is 9.37. The van der Waals surface area contributed by atoms with Gasteiger partial charge in [0.15, 0.2) is 5.13 Å². The largest absolute Gasteiger partial charge is 0.345 e. The van der Waals surface area contributed by atoms with Crippen LogP contribution in [0.1, 0.15) is 29.8 Å². The molecule has 3 heterocycles. The molecule has 2 N–H and O–H groups in total. The summed E-state index contributed by atoms with van der Waals surface area (Å²) in [6, 6.07) is 7.88. The lowest BCUT2D eigenvalue weighted by Crippen LogP contribution is -2.43. The van der Waals surface area contributed by atoms with Gasteiger partial charge in [-0.1, -0.05) is 25.1 Å². The Balaban J connectivity index is 1.22. The maximum absolute atomic E-state index is 13.1. The highest BCUT2D eigenvalue weighted by Gasteiger charge is 2.23. The Morgan fingerprint density at radius 2 is 1.86 bits per heavy atom. The maximum Gasteiger partial charge on any atom is 0.251 e.